The van der Waals surface area contributed by atoms with Crippen molar-refractivity contribution in [2.45, 2.75) is 18.9 Å². The number of methoxy groups -OCH3 is 3. The molecule has 0 N–H and O–H groups in total. The Kier molecular flexibility index (Phi) is 5.56. The number of carbonyl (C=O) groups excluding carboxylic acids is 1. The monoisotopic (exact) mass is 409 g/mol. The van der Waals surface area contributed by atoms with Crippen molar-refractivity contribution in [3.05, 3.63) is 53.9 Å². The maximum absolute atomic E-state index is 12.5. The predicted octanol–water partition coefficient (Wildman–Crippen LogP) is 3.28. The molecule has 3 aromatic rings. The van der Waals surface area contributed by atoms with E-state index in [0.717, 1.165) is 16.9 Å². The zero-order valence-corrected chi connectivity index (χ0v) is 17.1. The molecule has 0 bridgehead atoms. The molecule has 30 heavy (non-hydrogen) atoms. The van der Waals surface area contributed by atoms with Crippen molar-refractivity contribution < 1.29 is 23.5 Å². The number of benzene rings is 2. The second-order valence-electron chi connectivity index (χ2n) is 7.05. The van der Waals surface area contributed by atoms with E-state index >= 15 is 0 Å². The minimum Gasteiger partial charge on any atom is -0.497 e. The first kappa shape index (κ1) is 19.8. The fourth-order valence-electron chi connectivity index (χ4n) is 3.54. The van der Waals surface area contributed by atoms with Gasteiger partial charge in [0.25, 0.3) is 0 Å². The summed E-state index contributed by atoms with van der Waals surface area (Å²) in [5, 5.41) is 4.09. The van der Waals surface area contributed by atoms with Crippen LogP contribution >= 0.6 is 0 Å². The van der Waals surface area contributed by atoms with Gasteiger partial charge in [-0.2, -0.15) is 4.98 Å². The third-order valence-electron chi connectivity index (χ3n) is 5.18. The lowest BCUT2D eigenvalue weighted by Crippen LogP contribution is -2.24. The Balaban J connectivity index is 1.46. The highest BCUT2D eigenvalue weighted by atomic mass is 16.5. The largest absolute Gasteiger partial charge is 0.497 e. The summed E-state index contributed by atoms with van der Waals surface area (Å²) in [5.41, 5.74) is 1.79. The standard InChI is InChI=1S/C22H23N3O5/c1-27-17-7-4-14(5-8-17)12-25-13-16(11-20(25)26)22-23-21(24-30-22)15-6-9-18(28-2)19(10-15)29-3/h4-10,16H,11-13H2,1-3H3. The van der Waals surface area contributed by atoms with Gasteiger partial charge in [-0.05, 0) is 35.9 Å². The van der Waals surface area contributed by atoms with Gasteiger partial charge in [-0.3, -0.25) is 4.79 Å². The van der Waals surface area contributed by atoms with Crippen molar-refractivity contribution in [1.29, 1.82) is 0 Å². The van der Waals surface area contributed by atoms with Gasteiger partial charge in [0.05, 0.1) is 27.2 Å². The van der Waals surface area contributed by atoms with Gasteiger partial charge in [0.15, 0.2) is 11.5 Å². The lowest BCUT2D eigenvalue weighted by atomic mass is 10.1. The fourth-order valence-corrected chi connectivity index (χ4v) is 3.54. The summed E-state index contributed by atoms with van der Waals surface area (Å²) in [6.07, 6.45) is 0.351. The van der Waals surface area contributed by atoms with E-state index in [2.05, 4.69) is 10.1 Å². The molecule has 1 fully saturated rings. The van der Waals surface area contributed by atoms with E-state index in [1.807, 2.05) is 35.2 Å². The molecule has 4 rings (SSSR count). The van der Waals surface area contributed by atoms with Crippen molar-refractivity contribution in [3.8, 4) is 28.6 Å². The first-order chi connectivity index (χ1) is 14.6. The van der Waals surface area contributed by atoms with Crippen molar-refractivity contribution in [2.24, 2.45) is 0 Å². The summed E-state index contributed by atoms with van der Waals surface area (Å²) in [5.74, 6) is 2.86. The molecule has 1 aromatic heterocycles. The number of carbonyl (C=O) groups is 1. The quantitative estimate of drug-likeness (QED) is 0.592. The highest BCUT2D eigenvalue weighted by Gasteiger charge is 2.34. The average Bonchev–Trinajstić information content (AvgIpc) is 3.41. The van der Waals surface area contributed by atoms with E-state index in [1.54, 1.807) is 33.5 Å². The number of rotatable bonds is 7. The van der Waals surface area contributed by atoms with Gasteiger partial charge < -0.3 is 23.6 Å². The molecule has 1 aliphatic heterocycles. The highest BCUT2D eigenvalue weighted by molar-refractivity contribution is 5.79. The molecule has 0 spiro atoms. The second-order valence-corrected chi connectivity index (χ2v) is 7.05. The molecule has 0 aliphatic carbocycles. The van der Waals surface area contributed by atoms with Crippen LogP contribution in [0, 0.1) is 0 Å². The number of nitrogens with zero attached hydrogens (tertiary/aromatic N) is 3. The van der Waals surface area contributed by atoms with Crippen LogP contribution in [0.15, 0.2) is 47.0 Å². The molecule has 2 aromatic carbocycles. The van der Waals surface area contributed by atoms with E-state index in [1.165, 1.54) is 0 Å². The van der Waals surface area contributed by atoms with Gasteiger partial charge >= 0.3 is 0 Å². The summed E-state index contributed by atoms with van der Waals surface area (Å²) in [6, 6.07) is 13.1. The molecule has 0 saturated carbocycles. The molecule has 8 heteroatoms. The summed E-state index contributed by atoms with van der Waals surface area (Å²) in [4.78, 5) is 18.8. The maximum Gasteiger partial charge on any atom is 0.232 e. The molecule has 1 aliphatic rings. The minimum absolute atomic E-state index is 0.0710. The zero-order chi connectivity index (χ0) is 21.1. The van der Waals surface area contributed by atoms with E-state index in [9.17, 15) is 4.79 Å². The normalized spacial score (nSPS) is 16.0. The molecule has 1 amide bonds. The minimum atomic E-state index is -0.128. The molecular formula is C22H23N3O5. The Morgan fingerprint density at radius 3 is 2.50 bits per heavy atom. The maximum atomic E-state index is 12.5. The molecule has 8 nitrogen and oxygen atoms in total. The lowest BCUT2D eigenvalue weighted by molar-refractivity contribution is -0.128. The Morgan fingerprint density at radius 2 is 1.80 bits per heavy atom. The molecular weight excluding hydrogens is 386 g/mol. The Hall–Kier alpha value is -3.55. The van der Waals surface area contributed by atoms with Crippen LogP contribution in [0.25, 0.3) is 11.4 Å². The zero-order valence-electron chi connectivity index (χ0n) is 17.1. The fraction of sp³-hybridized carbons (Fsp3) is 0.318. The van der Waals surface area contributed by atoms with Crippen LogP contribution in [-0.4, -0.2) is 48.8 Å². The van der Waals surface area contributed by atoms with Gasteiger partial charge in [-0.15, -0.1) is 0 Å². The number of hydrogen-bond donors (Lipinski definition) is 0. The summed E-state index contributed by atoms with van der Waals surface area (Å²) in [6.45, 7) is 1.08. The van der Waals surface area contributed by atoms with E-state index in [-0.39, 0.29) is 11.8 Å². The molecule has 1 saturated heterocycles. The smallest absolute Gasteiger partial charge is 0.232 e. The lowest BCUT2D eigenvalue weighted by Gasteiger charge is -2.16. The first-order valence-electron chi connectivity index (χ1n) is 9.58. The molecule has 1 unspecified atom stereocenters. The Bertz CT molecular complexity index is 1030. The topological polar surface area (TPSA) is 86.9 Å². The predicted molar refractivity (Wildman–Crippen MR) is 109 cm³/mol. The summed E-state index contributed by atoms with van der Waals surface area (Å²) in [7, 11) is 4.79. The van der Waals surface area contributed by atoms with E-state index < -0.39 is 0 Å². The van der Waals surface area contributed by atoms with Crippen LogP contribution < -0.4 is 14.2 Å². The number of hydrogen-bond acceptors (Lipinski definition) is 7. The van der Waals surface area contributed by atoms with Crippen LogP contribution in [0.3, 0.4) is 0 Å². The van der Waals surface area contributed by atoms with Crippen LogP contribution in [-0.2, 0) is 11.3 Å². The third-order valence-corrected chi connectivity index (χ3v) is 5.18. The summed E-state index contributed by atoms with van der Waals surface area (Å²) >= 11 is 0. The number of ether oxygens (including phenoxy) is 3. The molecule has 1 atom stereocenters. The van der Waals surface area contributed by atoms with Gasteiger partial charge in [0, 0.05) is 25.1 Å². The van der Waals surface area contributed by atoms with Crippen molar-refractivity contribution in [1.82, 2.24) is 15.0 Å². The second kappa shape index (κ2) is 8.44. The Labute approximate surface area is 174 Å². The van der Waals surface area contributed by atoms with E-state index in [4.69, 9.17) is 18.7 Å². The van der Waals surface area contributed by atoms with Crippen molar-refractivity contribution in [3.63, 3.8) is 0 Å². The summed E-state index contributed by atoms with van der Waals surface area (Å²) < 4.78 is 21.3. The van der Waals surface area contributed by atoms with Gasteiger partial charge in [0.1, 0.15) is 5.75 Å². The number of likely N-dealkylation sites (tertiary alicyclic amines) is 1. The van der Waals surface area contributed by atoms with E-state index in [0.29, 0.717) is 42.7 Å². The van der Waals surface area contributed by atoms with Crippen LogP contribution in [0.4, 0.5) is 0 Å². The molecule has 156 valence electrons. The van der Waals surface area contributed by atoms with Gasteiger partial charge in [-0.25, -0.2) is 0 Å². The Morgan fingerprint density at radius 1 is 1.03 bits per heavy atom. The third kappa shape index (κ3) is 3.94. The average molecular weight is 409 g/mol. The van der Waals surface area contributed by atoms with Gasteiger partial charge in [0.2, 0.25) is 17.6 Å². The SMILES string of the molecule is COc1ccc(CN2CC(c3nc(-c4ccc(OC)c(OC)c4)no3)CC2=O)cc1. The first-order valence-corrected chi connectivity index (χ1v) is 9.58. The molecule has 2 heterocycles. The highest BCUT2D eigenvalue weighted by Crippen LogP contribution is 2.33. The number of aromatic nitrogens is 2. The van der Waals surface area contributed by atoms with Crippen LogP contribution in [0.5, 0.6) is 17.2 Å². The van der Waals surface area contributed by atoms with Gasteiger partial charge in [-0.1, -0.05) is 17.3 Å². The van der Waals surface area contributed by atoms with Crippen molar-refractivity contribution in [2.75, 3.05) is 27.9 Å². The van der Waals surface area contributed by atoms with Crippen molar-refractivity contribution >= 4 is 5.91 Å². The van der Waals surface area contributed by atoms with Crippen LogP contribution in [0.2, 0.25) is 0 Å². The molecule has 0 radical (unpaired) electrons. The van der Waals surface area contributed by atoms with Crippen LogP contribution in [0.1, 0.15) is 23.8 Å². The number of amides is 1.